The lowest BCUT2D eigenvalue weighted by Gasteiger charge is -2.16. The van der Waals surface area contributed by atoms with E-state index < -0.39 is 0 Å². The Bertz CT molecular complexity index is 473. The van der Waals surface area contributed by atoms with Crippen molar-refractivity contribution in [2.75, 3.05) is 18.0 Å². The van der Waals surface area contributed by atoms with Crippen LogP contribution in [-0.2, 0) is 4.79 Å². The molecule has 0 radical (unpaired) electrons. The second-order valence-corrected chi connectivity index (χ2v) is 4.82. The van der Waals surface area contributed by atoms with Crippen molar-refractivity contribution in [3.05, 3.63) is 41.4 Å². The van der Waals surface area contributed by atoms with E-state index in [1.165, 1.54) is 9.80 Å². The van der Waals surface area contributed by atoms with E-state index in [9.17, 15) is 9.59 Å². The van der Waals surface area contributed by atoms with Crippen LogP contribution in [0.5, 0.6) is 0 Å². The van der Waals surface area contributed by atoms with Gasteiger partial charge in [0.2, 0.25) is 0 Å². The van der Waals surface area contributed by atoms with E-state index in [4.69, 9.17) is 0 Å². The summed E-state index contributed by atoms with van der Waals surface area (Å²) >= 11 is 3.16. The van der Waals surface area contributed by atoms with Crippen LogP contribution in [0.2, 0.25) is 0 Å². The van der Waals surface area contributed by atoms with Gasteiger partial charge in [-0.15, -0.1) is 0 Å². The van der Waals surface area contributed by atoms with Crippen LogP contribution in [0.25, 0.3) is 0 Å². The zero-order valence-electron chi connectivity index (χ0n) is 9.10. The minimum atomic E-state index is -0.304. The fourth-order valence-electron chi connectivity index (χ4n) is 1.68. The summed E-state index contributed by atoms with van der Waals surface area (Å²) in [5.41, 5.74) is 0.730. The summed E-state index contributed by atoms with van der Waals surface area (Å²) in [6, 6.07) is 8.83. The number of nitrogens with zero attached hydrogens (tertiary/aromatic N) is 2. The number of benzene rings is 1. The molecule has 0 bridgehead atoms. The quantitative estimate of drug-likeness (QED) is 0.803. The second kappa shape index (κ2) is 4.71. The number of halogens is 1. The molecule has 4 nitrogen and oxygen atoms in total. The lowest BCUT2D eigenvalue weighted by atomic mass is 10.3. The Kier molecular flexibility index (Phi) is 3.28. The third-order valence-corrected chi connectivity index (χ3v) is 2.70. The molecule has 0 aromatic heterocycles. The van der Waals surface area contributed by atoms with Gasteiger partial charge in [0.25, 0.3) is 5.91 Å². The van der Waals surface area contributed by atoms with Crippen molar-refractivity contribution in [1.82, 2.24) is 4.90 Å². The molecule has 88 valence electrons. The van der Waals surface area contributed by atoms with Gasteiger partial charge in [-0.25, -0.2) is 4.79 Å². The summed E-state index contributed by atoms with van der Waals surface area (Å²) in [5.74, 6) is -0.209. The van der Waals surface area contributed by atoms with E-state index in [0.717, 1.165) is 5.69 Å². The van der Waals surface area contributed by atoms with E-state index in [1.807, 2.05) is 18.2 Å². The van der Waals surface area contributed by atoms with Crippen molar-refractivity contribution < 1.29 is 9.59 Å². The summed E-state index contributed by atoms with van der Waals surface area (Å²) in [4.78, 5) is 26.4. The Labute approximate surface area is 108 Å². The predicted octanol–water partition coefficient (Wildman–Crippen LogP) is 2.36. The van der Waals surface area contributed by atoms with Crippen LogP contribution in [0.1, 0.15) is 0 Å². The fraction of sp³-hybridized carbons (Fsp3) is 0.167. The van der Waals surface area contributed by atoms with Gasteiger partial charge in [-0.1, -0.05) is 40.7 Å². The number of hydrogen-bond donors (Lipinski definition) is 0. The maximum atomic E-state index is 12.0. The van der Waals surface area contributed by atoms with Crippen LogP contribution in [0, 0.1) is 0 Å². The van der Waals surface area contributed by atoms with E-state index in [-0.39, 0.29) is 25.0 Å². The summed E-state index contributed by atoms with van der Waals surface area (Å²) in [7, 11) is 0. The van der Waals surface area contributed by atoms with Crippen molar-refractivity contribution in [1.29, 1.82) is 0 Å². The summed E-state index contributed by atoms with van der Waals surface area (Å²) < 4.78 is 0.606. The number of anilines is 1. The van der Waals surface area contributed by atoms with Crippen LogP contribution in [0.4, 0.5) is 10.5 Å². The Balaban J connectivity index is 2.22. The number of urea groups is 1. The van der Waals surface area contributed by atoms with Crippen LogP contribution >= 0.6 is 15.9 Å². The Morgan fingerprint density at radius 1 is 1.29 bits per heavy atom. The van der Waals surface area contributed by atoms with Crippen LogP contribution in [0.15, 0.2) is 41.4 Å². The molecule has 17 heavy (non-hydrogen) atoms. The van der Waals surface area contributed by atoms with Gasteiger partial charge in [0.15, 0.2) is 0 Å². The predicted molar refractivity (Wildman–Crippen MR) is 69.0 cm³/mol. The van der Waals surface area contributed by atoms with Gasteiger partial charge in [0.1, 0.15) is 6.54 Å². The highest BCUT2D eigenvalue weighted by atomic mass is 79.9. The molecule has 1 aliphatic rings. The first kappa shape index (κ1) is 11.9. The maximum absolute atomic E-state index is 12.0. The zero-order valence-corrected chi connectivity index (χ0v) is 10.7. The monoisotopic (exact) mass is 294 g/mol. The largest absolute Gasteiger partial charge is 0.332 e. The Morgan fingerprint density at radius 3 is 2.53 bits per heavy atom. The molecule has 1 saturated heterocycles. The molecule has 1 aromatic carbocycles. The van der Waals surface area contributed by atoms with Gasteiger partial charge in [0, 0.05) is 10.2 Å². The van der Waals surface area contributed by atoms with Gasteiger partial charge >= 0.3 is 6.03 Å². The van der Waals surface area contributed by atoms with Crippen molar-refractivity contribution >= 4 is 33.6 Å². The minimum absolute atomic E-state index is 0.0864. The number of rotatable bonds is 3. The minimum Gasteiger partial charge on any atom is -0.285 e. The third kappa shape index (κ3) is 2.39. The molecule has 5 heteroatoms. The molecule has 0 atom stereocenters. The topological polar surface area (TPSA) is 40.6 Å². The molecule has 0 spiro atoms. The first-order valence-corrected chi connectivity index (χ1v) is 5.89. The highest BCUT2D eigenvalue weighted by Gasteiger charge is 2.36. The Hall–Kier alpha value is -1.62. The van der Waals surface area contributed by atoms with Crippen molar-refractivity contribution in [2.24, 2.45) is 0 Å². The third-order valence-electron chi connectivity index (χ3n) is 2.45. The van der Waals surface area contributed by atoms with Crippen molar-refractivity contribution in [3.63, 3.8) is 0 Å². The molecule has 1 aliphatic heterocycles. The number of para-hydroxylation sites is 1. The Morgan fingerprint density at radius 2 is 1.94 bits per heavy atom. The molecule has 0 saturated carbocycles. The van der Waals surface area contributed by atoms with E-state index in [0.29, 0.717) is 4.48 Å². The molecule has 1 heterocycles. The maximum Gasteiger partial charge on any atom is 0.332 e. The average Bonchev–Trinajstić information content (AvgIpc) is 2.58. The van der Waals surface area contributed by atoms with E-state index in [2.05, 4.69) is 22.5 Å². The number of carbonyl (C=O) groups excluding carboxylic acids is 2. The zero-order chi connectivity index (χ0) is 12.4. The van der Waals surface area contributed by atoms with Gasteiger partial charge < -0.3 is 0 Å². The van der Waals surface area contributed by atoms with Crippen molar-refractivity contribution in [3.8, 4) is 0 Å². The first-order chi connectivity index (χ1) is 8.09. The molecular formula is C12H11BrN2O2. The normalized spacial score (nSPS) is 15.6. The SMILES string of the molecule is C=C(Br)CN1C(=O)CN(c2ccccc2)C1=O. The van der Waals surface area contributed by atoms with Gasteiger partial charge in [0.05, 0.1) is 6.54 Å². The van der Waals surface area contributed by atoms with Crippen LogP contribution in [-0.4, -0.2) is 29.9 Å². The molecule has 0 unspecified atom stereocenters. The lowest BCUT2D eigenvalue weighted by Crippen LogP contribution is -2.33. The first-order valence-electron chi connectivity index (χ1n) is 5.10. The molecular weight excluding hydrogens is 284 g/mol. The fourth-order valence-corrected chi connectivity index (χ4v) is 1.93. The highest BCUT2D eigenvalue weighted by molar-refractivity contribution is 9.11. The van der Waals surface area contributed by atoms with Crippen LogP contribution < -0.4 is 4.90 Å². The van der Waals surface area contributed by atoms with Crippen LogP contribution in [0.3, 0.4) is 0 Å². The lowest BCUT2D eigenvalue weighted by molar-refractivity contribution is -0.124. The average molecular weight is 295 g/mol. The van der Waals surface area contributed by atoms with Gasteiger partial charge in [-0.3, -0.25) is 14.6 Å². The van der Waals surface area contributed by atoms with E-state index in [1.54, 1.807) is 12.1 Å². The number of amides is 3. The molecule has 3 amide bonds. The van der Waals surface area contributed by atoms with Gasteiger partial charge in [-0.05, 0) is 12.1 Å². The summed E-state index contributed by atoms with van der Waals surface area (Å²) in [6.07, 6.45) is 0. The number of carbonyl (C=O) groups is 2. The molecule has 0 aliphatic carbocycles. The molecule has 1 aromatic rings. The summed E-state index contributed by atoms with van der Waals surface area (Å²) in [5, 5.41) is 0. The summed E-state index contributed by atoms with van der Waals surface area (Å²) in [6.45, 7) is 3.93. The standard InChI is InChI=1S/C12H11BrN2O2/c1-9(13)7-15-11(16)8-14(12(15)17)10-5-3-2-4-6-10/h2-6H,1,7-8H2. The second-order valence-electron chi connectivity index (χ2n) is 3.70. The van der Waals surface area contributed by atoms with Gasteiger partial charge in [-0.2, -0.15) is 0 Å². The highest BCUT2D eigenvalue weighted by Crippen LogP contribution is 2.21. The van der Waals surface area contributed by atoms with E-state index >= 15 is 0 Å². The smallest absolute Gasteiger partial charge is 0.285 e. The molecule has 1 fully saturated rings. The molecule has 2 rings (SSSR count). The van der Waals surface area contributed by atoms with Crippen molar-refractivity contribution in [2.45, 2.75) is 0 Å². The number of imide groups is 1. The number of hydrogen-bond acceptors (Lipinski definition) is 2. The molecule has 0 N–H and O–H groups in total.